The van der Waals surface area contributed by atoms with Crippen LogP contribution < -0.4 is 0 Å². The Kier molecular flexibility index (Phi) is 5.28. The van der Waals surface area contributed by atoms with Crippen molar-refractivity contribution in [2.75, 3.05) is 13.2 Å². The lowest BCUT2D eigenvalue weighted by Gasteiger charge is -2.28. The van der Waals surface area contributed by atoms with E-state index in [1.807, 2.05) is 24.3 Å². The van der Waals surface area contributed by atoms with Crippen LogP contribution in [-0.4, -0.2) is 31.8 Å². The molecule has 0 amide bonds. The van der Waals surface area contributed by atoms with Gasteiger partial charge < -0.3 is 4.74 Å². The van der Waals surface area contributed by atoms with Crippen LogP contribution in [0.4, 0.5) is 0 Å². The first-order valence-electron chi connectivity index (χ1n) is 7.84. The molecule has 3 rings (SSSR count). The molecule has 0 radical (unpaired) electrons. The largest absolute Gasteiger partial charge is 0.447 e. The number of halogens is 1. The van der Waals surface area contributed by atoms with E-state index in [1.54, 1.807) is 6.07 Å². The molecule has 6 nitrogen and oxygen atoms in total. The van der Waals surface area contributed by atoms with Crippen molar-refractivity contribution >= 4 is 27.6 Å². The van der Waals surface area contributed by atoms with Gasteiger partial charge in [0.25, 0.3) is 0 Å². The molecule has 0 N–H and O–H groups in total. The number of nitrogens with zero attached hydrogens (tertiary/aromatic N) is 2. The molecule has 0 saturated carbocycles. The van der Waals surface area contributed by atoms with Crippen LogP contribution in [0.15, 0.2) is 47.4 Å². The molecule has 1 heterocycles. The Morgan fingerprint density at radius 3 is 2.69 bits per heavy atom. The third-order valence-electron chi connectivity index (χ3n) is 4.15. The monoisotopic (exact) mass is 390 g/mol. The van der Waals surface area contributed by atoms with Crippen molar-refractivity contribution in [3.63, 3.8) is 0 Å². The van der Waals surface area contributed by atoms with Gasteiger partial charge in [0.1, 0.15) is 11.0 Å². The fourth-order valence-electron chi connectivity index (χ4n) is 2.82. The normalized spacial score (nSPS) is 14.3. The highest BCUT2D eigenvalue weighted by molar-refractivity contribution is 7.89. The molecule has 0 fully saturated rings. The molecule has 0 bridgehead atoms. The van der Waals surface area contributed by atoms with Gasteiger partial charge in [-0.1, -0.05) is 35.9 Å². The Balaban J connectivity index is 1.92. The van der Waals surface area contributed by atoms with Crippen LogP contribution in [0.5, 0.6) is 0 Å². The Morgan fingerprint density at radius 2 is 1.96 bits per heavy atom. The third-order valence-corrected chi connectivity index (χ3v) is 6.47. The van der Waals surface area contributed by atoms with Gasteiger partial charge in [0.05, 0.1) is 10.6 Å². The predicted octanol–water partition coefficient (Wildman–Crippen LogP) is 2.77. The van der Waals surface area contributed by atoms with E-state index in [9.17, 15) is 13.2 Å². The summed E-state index contributed by atoms with van der Waals surface area (Å²) in [7, 11) is -3.88. The zero-order valence-electron chi connectivity index (χ0n) is 13.7. The lowest BCUT2D eigenvalue weighted by Crippen LogP contribution is -2.36. The van der Waals surface area contributed by atoms with Crippen molar-refractivity contribution in [1.82, 2.24) is 4.31 Å². The Hall–Kier alpha value is -2.40. The Morgan fingerprint density at radius 1 is 1.23 bits per heavy atom. The van der Waals surface area contributed by atoms with E-state index in [0.29, 0.717) is 13.0 Å². The van der Waals surface area contributed by atoms with E-state index >= 15 is 0 Å². The number of hydrogen-bond donors (Lipinski definition) is 0. The molecule has 0 spiro atoms. The second-order valence-corrected chi connectivity index (χ2v) is 8.05. The highest BCUT2D eigenvalue weighted by Gasteiger charge is 2.30. The molecule has 1 aliphatic rings. The molecular formula is C18H15ClN2O4S. The summed E-state index contributed by atoms with van der Waals surface area (Å²) in [5.41, 5.74) is 2.10. The van der Waals surface area contributed by atoms with E-state index in [2.05, 4.69) is 0 Å². The zero-order valence-corrected chi connectivity index (χ0v) is 15.3. The van der Waals surface area contributed by atoms with Crippen molar-refractivity contribution in [2.45, 2.75) is 17.9 Å². The molecule has 2 aromatic carbocycles. The van der Waals surface area contributed by atoms with Crippen molar-refractivity contribution in [1.29, 1.82) is 5.26 Å². The van der Waals surface area contributed by atoms with Crippen LogP contribution in [0.25, 0.3) is 0 Å². The van der Waals surface area contributed by atoms with E-state index in [0.717, 1.165) is 11.1 Å². The Labute approximate surface area is 156 Å². The average Bonchev–Trinajstić information content (AvgIpc) is 2.65. The summed E-state index contributed by atoms with van der Waals surface area (Å²) in [4.78, 5) is 11.8. The van der Waals surface area contributed by atoms with E-state index in [-0.39, 0.29) is 22.0 Å². The maximum absolute atomic E-state index is 13.0. The van der Waals surface area contributed by atoms with Gasteiger partial charge in [0, 0.05) is 13.1 Å². The number of carbonyl (C=O) groups excluding carboxylic acids is 1. The van der Waals surface area contributed by atoms with Crippen LogP contribution >= 0.6 is 11.6 Å². The molecule has 1 aliphatic heterocycles. The van der Waals surface area contributed by atoms with Crippen molar-refractivity contribution in [3.05, 3.63) is 64.2 Å². The highest BCUT2D eigenvalue weighted by Crippen LogP contribution is 2.29. The molecule has 8 heteroatoms. The van der Waals surface area contributed by atoms with Gasteiger partial charge in [-0.05, 0) is 35.7 Å². The fourth-order valence-corrected chi connectivity index (χ4v) is 4.74. The first-order valence-corrected chi connectivity index (χ1v) is 9.66. The first-order chi connectivity index (χ1) is 12.4. The topological polar surface area (TPSA) is 87.5 Å². The number of carbonyl (C=O) groups is 1. The van der Waals surface area contributed by atoms with Crippen LogP contribution in [0.1, 0.15) is 21.5 Å². The second-order valence-electron chi connectivity index (χ2n) is 5.74. The number of ether oxygens (including phenoxy) is 1. The van der Waals surface area contributed by atoms with Gasteiger partial charge in [-0.15, -0.1) is 0 Å². The Bertz CT molecular complexity index is 998. The lowest BCUT2D eigenvalue weighted by atomic mass is 10.0. The highest BCUT2D eigenvalue weighted by atomic mass is 35.5. The number of benzene rings is 2. The van der Waals surface area contributed by atoms with Crippen molar-refractivity contribution < 1.29 is 17.9 Å². The molecule has 0 atom stereocenters. The van der Waals surface area contributed by atoms with Crippen LogP contribution in [-0.2, 0) is 27.7 Å². The van der Waals surface area contributed by atoms with Crippen LogP contribution in [0.2, 0.25) is 5.02 Å². The van der Waals surface area contributed by atoms with Gasteiger partial charge >= 0.3 is 5.97 Å². The van der Waals surface area contributed by atoms with E-state index in [4.69, 9.17) is 21.6 Å². The maximum atomic E-state index is 13.0. The van der Waals surface area contributed by atoms with Gasteiger partial charge in [-0.2, -0.15) is 9.57 Å². The summed E-state index contributed by atoms with van der Waals surface area (Å²) in [6.07, 6.45) is 0.608. The minimum Gasteiger partial charge on any atom is -0.447 e. The summed E-state index contributed by atoms with van der Waals surface area (Å²) in [6.45, 7) is 0.170. The molecule has 26 heavy (non-hydrogen) atoms. The molecule has 134 valence electrons. The zero-order chi connectivity index (χ0) is 18.7. The van der Waals surface area contributed by atoms with E-state index < -0.39 is 22.6 Å². The van der Waals surface area contributed by atoms with Crippen LogP contribution in [0, 0.1) is 11.3 Å². The van der Waals surface area contributed by atoms with Crippen LogP contribution in [0.3, 0.4) is 0 Å². The first kappa shape index (κ1) is 18.4. The maximum Gasteiger partial charge on any atom is 0.339 e. The summed E-state index contributed by atoms with van der Waals surface area (Å²) in [5, 5.41) is 8.52. The van der Waals surface area contributed by atoms with E-state index in [1.165, 1.54) is 22.5 Å². The molecule has 2 aromatic rings. The standard InChI is InChI=1S/C18H15ClN2O4S/c19-16-6-5-14(18(22)25-10-8-20)11-17(16)26(23,24)21-9-7-13-3-1-2-4-15(13)12-21/h1-6,11H,7,9-10,12H2. The van der Waals surface area contributed by atoms with Gasteiger partial charge in [-0.25, -0.2) is 13.2 Å². The molecule has 0 aromatic heterocycles. The number of hydrogen-bond acceptors (Lipinski definition) is 5. The smallest absolute Gasteiger partial charge is 0.339 e. The van der Waals surface area contributed by atoms with Gasteiger partial charge in [0.15, 0.2) is 6.61 Å². The van der Waals surface area contributed by atoms with Crippen molar-refractivity contribution in [2.24, 2.45) is 0 Å². The molecule has 0 saturated heterocycles. The molecule has 0 aliphatic carbocycles. The number of esters is 1. The number of nitriles is 1. The summed E-state index contributed by atoms with van der Waals surface area (Å²) < 4.78 is 32.2. The third kappa shape index (κ3) is 3.58. The van der Waals surface area contributed by atoms with Gasteiger partial charge in [-0.3, -0.25) is 0 Å². The minimum atomic E-state index is -3.88. The fraction of sp³-hybridized carbons (Fsp3) is 0.222. The second kappa shape index (κ2) is 7.46. The van der Waals surface area contributed by atoms with Gasteiger partial charge in [0.2, 0.25) is 10.0 Å². The average molecular weight is 391 g/mol. The number of fused-ring (bicyclic) bond motifs is 1. The minimum absolute atomic E-state index is 0.0284. The molecular weight excluding hydrogens is 376 g/mol. The summed E-state index contributed by atoms with van der Waals surface area (Å²) >= 11 is 6.10. The lowest BCUT2D eigenvalue weighted by molar-refractivity contribution is 0.0554. The molecule has 0 unspecified atom stereocenters. The number of rotatable bonds is 4. The van der Waals surface area contributed by atoms with Crippen molar-refractivity contribution in [3.8, 4) is 6.07 Å². The SMILES string of the molecule is N#CCOC(=O)c1ccc(Cl)c(S(=O)(=O)N2CCc3ccccc3C2)c1. The summed E-state index contributed by atoms with van der Waals surface area (Å²) in [6, 6.07) is 13.3. The predicted molar refractivity (Wildman–Crippen MR) is 95.1 cm³/mol. The number of sulfonamides is 1. The summed E-state index contributed by atoms with van der Waals surface area (Å²) in [5.74, 6) is -0.774. The quantitative estimate of drug-likeness (QED) is 0.749.